The van der Waals surface area contributed by atoms with Crippen LogP contribution in [0.4, 0.5) is 0 Å². The highest BCUT2D eigenvalue weighted by molar-refractivity contribution is 7.59. The third-order valence-electron chi connectivity index (χ3n) is 5.88. The molecule has 3 aromatic rings. The second kappa shape index (κ2) is 10.5. The Morgan fingerprint density at radius 2 is 1.20 bits per heavy atom. The van der Waals surface area contributed by atoms with Crippen LogP contribution in [0.15, 0.2) is 91.0 Å². The van der Waals surface area contributed by atoms with E-state index in [1.165, 1.54) is 13.8 Å². The maximum absolute atomic E-state index is 14.3. The zero-order chi connectivity index (χ0) is 25.0. The predicted molar refractivity (Wildman–Crippen MR) is 134 cm³/mol. The molecular weight excluding hydrogens is 486 g/mol. The Morgan fingerprint density at radius 3 is 1.63 bits per heavy atom. The average Bonchev–Trinajstić information content (AvgIpc) is 3.06. The van der Waals surface area contributed by atoms with Crippen LogP contribution in [-0.4, -0.2) is 15.8 Å². The van der Waals surface area contributed by atoms with Gasteiger partial charge in [0.2, 0.25) is 0 Å². The smallest absolute Gasteiger partial charge is 0.363 e. The zero-order valence-corrected chi connectivity index (χ0v) is 21.6. The van der Waals surface area contributed by atoms with Crippen LogP contribution in [0, 0.1) is 0 Å². The SMILES string of the molecule is CC1(O)CC(C)(P(=O)(OCc2ccccc2)OCc2ccccc2)OP1(=O)OCc1ccccc1. The number of benzene rings is 3. The van der Waals surface area contributed by atoms with Crippen molar-refractivity contribution in [3.63, 3.8) is 0 Å². The maximum Gasteiger partial charge on any atom is 0.363 e. The molecule has 0 radical (unpaired) electrons. The number of hydrogen-bond donors (Lipinski definition) is 1. The lowest BCUT2D eigenvalue weighted by molar-refractivity contribution is 0.0811. The highest BCUT2D eigenvalue weighted by Crippen LogP contribution is 2.78. The van der Waals surface area contributed by atoms with Crippen molar-refractivity contribution in [2.75, 3.05) is 0 Å². The molecule has 1 saturated heterocycles. The molecule has 0 bridgehead atoms. The van der Waals surface area contributed by atoms with E-state index in [9.17, 15) is 14.2 Å². The van der Waals surface area contributed by atoms with Gasteiger partial charge in [-0.15, -0.1) is 0 Å². The fraction of sp³-hybridized carbons (Fsp3) is 0.308. The molecule has 3 unspecified atom stereocenters. The summed E-state index contributed by atoms with van der Waals surface area (Å²) in [5.41, 5.74) is 2.33. The first kappa shape index (κ1) is 26.0. The second-order valence-electron chi connectivity index (χ2n) is 8.93. The Labute approximate surface area is 206 Å². The molecule has 4 rings (SSSR count). The standard InChI is InChI=1S/C26H30O7P2/c1-25(27)21-26(2,33-34(25,28)30-18-22-12-6-3-7-13-22)35(29,31-19-23-14-8-4-9-15-23)32-20-24-16-10-5-11-17-24/h3-17,27H,18-21H2,1-2H3. The van der Waals surface area contributed by atoms with Gasteiger partial charge in [-0.05, 0) is 30.5 Å². The van der Waals surface area contributed by atoms with Gasteiger partial charge in [-0.25, -0.2) is 0 Å². The third-order valence-corrected chi connectivity index (χ3v) is 10.8. The van der Waals surface area contributed by atoms with Crippen LogP contribution in [0.2, 0.25) is 0 Å². The third kappa shape index (κ3) is 5.84. The summed E-state index contributed by atoms with van der Waals surface area (Å²) in [5.74, 6) is 0. The lowest BCUT2D eigenvalue weighted by atomic mass is 10.2. The van der Waals surface area contributed by atoms with E-state index < -0.39 is 25.9 Å². The van der Waals surface area contributed by atoms with E-state index in [-0.39, 0.29) is 26.2 Å². The van der Waals surface area contributed by atoms with Gasteiger partial charge in [0.05, 0.1) is 19.8 Å². The van der Waals surface area contributed by atoms with Crippen molar-refractivity contribution in [2.24, 2.45) is 0 Å². The van der Waals surface area contributed by atoms with Crippen LogP contribution in [0.25, 0.3) is 0 Å². The molecule has 0 amide bonds. The van der Waals surface area contributed by atoms with Gasteiger partial charge in [-0.3, -0.25) is 13.7 Å². The molecule has 7 nitrogen and oxygen atoms in total. The van der Waals surface area contributed by atoms with Crippen LogP contribution in [0.3, 0.4) is 0 Å². The van der Waals surface area contributed by atoms with E-state index in [1.807, 2.05) is 91.0 Å². The maximum atomic E-state index is 14.3. The highest BCUT2D eigenvalue weighted by Gasteiger charge is 2.67. The fourth-order valence-corrected chi connectivity index (χ4v) is 8.46. The molecule has 0 aliphatic carbocycles. The van der Waals surface area contributed by atoms with Crippen molar-refractivity contribution in [3.05, 3.63) is 108 Å². The van der Waals surface area contributed by atoms with Crippen molar-refractivity contribution >= 4 is 15.2 Å². The van der Waals surface area contributed by atoms with Gasteiger partial charge < -0.3 is 18.7 Å². The molecule has 1 aliphatic rings. The summed E-state index contributed by atoms with van der Waals surface area (Å²) in [6.07, 6.45) is -0.257. The van der Waals surface area contributed by atoms with E-state index in [2.05, 4.69) is 0 Å². The summed E-state index contributed by atoms with van der Waals surface area (Å²) >= 11 is 0. The fourth-order valence-electron chi connectivity index (χ4n) is 3.93. The van der Waals surface area contributed by atoms with E-state index >= 15 is 0 Å². The van der Waals surface area contributed by atoms with Gasteiger partial charge in [0.15, 0.2) is 10.7 Å². The van der Waals surface area contributed by atoms with Gasteiger partial charge in [0, 0.05) is 6.42 Å². The van der Waals surface area contributed by atoms with Gasteiger partial charge in [-0.1, -0.05) is 91.0 Å². The topological polar surface area (TPSA) is 91.3 Å². The van der Waals surface area contributed by atoms with Crippen LogP contribution in [-0.2, 0) is 47.0 Å². The Kier molecular flexibility index (Phi) is 7.80. The summed E-state index contributed by atoms with van der Waals surface area (Å²) in [6.45, 7) is 2.79. The van der Waals surface area contributed by atoms with Gasteiger partial charge in [-0.2, -0.15) is 0 Å². The molecule has 1 aliphatic heterocycles. The molecule has 186 valence electrons. The van der Waals surface area contributed by atoms with Crippen molar-refractivity contribution < 1.29 is 32.3 Å². The molecule has 1 N–H and O–H groups in total. The Bertz CT molecular complexity index is 1150. The van der Waals surface area contributed by atoms with Gasteiger partial charge in [0.1, 0.15) is 0 Å². The van der Waals surface area contributed by atoms with E-state index in [1.54, 1.807) is 0 Å². The van der Waals surface area contributed by atoms with Crippen molar-refractivity contribution in [1.29, 1.82) is 0 Å². The first-order valence-corrected chi connectivity index (χ1v) is 14.4. The Balaban J connectivity index is 1.59. The molecule has 0 spiro atoms. The number of aliphatic hydroxyl groups is 1. The molecule has 0 aromatic heterocycles. The Hall–Kier alpha value is -2.08. The van der Waals surface area contributed by atoms with Crippen molar-refractivity contribution in [2.45, 2.75) is 50.8 Å². The molecule has 1 heterocycles. The summed E-state index contributed by atoms with van der Waals surface area (Å²) in [6, 6.07) is 27.6. The summed E-state index contributed by atoms with van der Waals surface area (Å²) in [7, 11) is -8.22. The molecule has 1 fully saturated rings. The van der Waals surface area contributed by atoms with Crippen molar-refractivity contribution in [1.82, 2.24) is 0 Å². The minimum atomic E-state index is -4.12. The minimum Gasteiger partial charge on any atom is -0.377 e. The first-order chi connectivity index (χ1) is 16.6. The lowest BCUT2D eigenvalue weighted by Crippen LogP contribution is -2.29. The Morgan fingerprint density at radius 1 is 0.800 bits per heavy atom. The molecule has 35 heavy (non-hydrogen) atoms. The van der Waals surface area contributed by atoms with E-state index in [0.717, 1.165) is 16.7 Å². The average molecular weight is 516 g/mol. The monoisotopic (exact) mass is 516 g/mol. The summed E-state index contributed by atoms with van der Waals surface area (Å²) in [4.78, 5) is 0. The zero-order valence-electron chi connectivity index (χ0n) is 19.8. The lowest BCUT2D eigenvalue weighted by Gasteiger charge is -2.32. The molecule has 3 atom stereocenters. The summed E-state index contributed by atoms with van der Waals surface area (Å²) in [5, 5.41) is 7.52. The molecule has 3 aromatic carbocycles. The van der Waals surface area contributed by atoms with Crippen molar-refractivity contribution in [3.8, 4) is 0 Å². The number of rotatable bonds is 10. The van der Waals surface area contributed by atoms with Crippen LogP contribution in [0.1, 0.15) is 37.0 Å². The number of hydrogen-bond acceptors (Lipinski definition) is 7. The second-order valence-corrected chi connectivity index (χ2v) is 13.8. The van der Waals surface area contributed by atoms with Crippen LogP contribution < -0.4 is 0 Å². The largest absolute Gasteiger partial charge is 0.377 e. The molecular formula is C26H30O7P2. The highest BCUT2D eigenvalue weighted by atomic mass is 31.2. The van der Waals surface area contributed by atoms with Crippen LogP contribution >= 0.6 is 15.2 Å². The first-order valence-electron chi connectivity index (χ1n) is 11.3. The van der Waals surface area contributed by atoms with Gasteiger partial charge >= 0.3 is 15.2 Å². The normalized spacial score (nSPS) is 26.6. The van der Waals surface area contributed by atoms with Crippen LogP contribution in [0.5, 0.6) is 0 Å². The predicted octanol–water partition coefficient (Wildman–Crippen LogP) is 6.87. The quantitative estimate of drug-likeness (QED) is 0.294. The molecule has 0 saturated carbocycles. The van der Waals surface area contributed by atoms with Gasteiger partial charge in [0.25, 0.3) is 0 Å². The molecule has 9 heteroatoms. The van der Waals surface area contributed by atoms with E-state index in [4.69, 9.17) is 18.1 Å². The van der Waals surface area contributed by atoms with E-state index in [0.29, 0.717) is 0 Å². The summed E-state index contributed by atoms with van der Waals surface area (Å²) < 4.78 is 51.3. The minimum absolute atomic E-state index is 0.0107.